The van der Waals surface area contributed by atoms with E-state index in [-0.39, 0.29) is 5.90 Å². The second kappa shape index (κ2) is 9.59. The monoisotopic (exact) mass is 478 g/mol. The Morgan fingerprint density at radius 3 is 2.56 bits per heavy atom. The third-order valence-electron chi connectivity index (χ3n) is 6.62. The highest BCUT2D eigenvalue weighted by Gasteiger charge is 2.41. The minimum atomic E-state index is -0.818. The van der Waals surface area contributed by atoms with Crippen molar-refractivity contribution < 1.29 is 14.2 Å². The number of nitrogens with one attached hydrogen (secondary N) is 2. The first-order chi connectivity index (χ1) is 17.5. The van der Waals surface area contributed by atoms with Crippen LogP contribution < -0.4 is 14.2 Å². The number of fused-ring (bicyclic) bond motifs is 1. The average molecular weight is 479 g/mol. The van der Waals surface area contributed by atoms with Crippen LogP contribution in [0.5, 0.6) is 17.4 Å². The van der Waals surface area contributed by atoms with Gasteiger partial charge in [0.05, 0.1) is 24.4 Å². The number of methoxy groups -OCH3 is 1. The van der Waals surface area contributed by atoms with Gasteiger partial charge in [0, 0.05) is 11.5 Å². The normalized spacial score (nSPS) is 16.6. The van der Waals surface area contributed by atoms with Crippen molar-refractivity contribution in [2.75, 3.05) is 7.11 Å². The van der Waals surface area contributed by atoms with Gasteiger partial charge < -0.3 is 14.2 Å². The van der Waals surface area contributed by atoms with Gasteiger partial charge in [-0.3, -0.25) is 10.5 Å². The molecule has 0 fully saturated rings. The van der Waals surface area contributed by atoms with E-state index in [1.807, 2.05) is 54.6 Å². The number of aryl methyl sites for hydroxylation is 2. The number of benzene rings is 3. The van der Waals surface area contributed by atoms with E-state index in [1.54, 1.807) is 7.11 Å². The molecule has 1 aliphatic rings. The highest BCUT2D eigenvalue weighted by atomic mass is 16.5. The van der Waals surface area contributed by atoms with Crippen LogP contribution in [-0.2, 0) is 6.61 Å². The van der Waals surface area contributed by atoms with Crippen LogP contribution in [-0.4, -0.2) is 23.2 Å². The van der Waals surface area contributed by atoms with E-state index in [1.165, 1.54) is 5.56 Å². The van der Waals surface area contributed by atoms with Crippen molar-refractivity contribution in [3.8, 4) is 34.7 Å². The molecule has 0 saturated carbocycles. The van der Waals surface area contributed by atoms with E-state index in [4.69, 9.17) is 19.6 Å². The number of rotatable bonds is 6. The van der Waals surface area contributed by atoms with E-state index in [9.17, 15) is 5.26 Å². The molecule has 5 rings (SSSR count). The van der Waals surface area contributed by atoms with Gasteiger partial charge in [0.25, 0.3) is 0 Å². The fourth-order valence-electron chi connectivity index (χ4n) is 4.53. The summed E-state index contributed by atoms with van der Waals surface area (Å²) in [6.07, 6.45) is 0. The summed E-state index contributed by atoms with van der Waals surface area (Å²) < 4.78 is 17.4. The van der Waals surface area contributed by atoms with E-state index in [0.29, 0.717) is 24.0 Å². The lowest BCUT2D eigenvalue weighted by Gasteiger charge is -2.28. The number of hydrogen-bond donors (Lipinski definition) is 2. The van der Waals surface area contributed by atoms with Gasteiger partial charge in [0.1, 0.15) is 12.5 Å². The van der Waals surface area contributed by atoms with Gasteiger partial charge in [-0.15, -0.1) is 5.10 Å². The van der Waals surface area contributed by atoms with Crippen molar-refractivity contribution in [3.05, 3.63) is 94.5 Å². The number of H-pyrrole nitrogens is 1. The number of hydrogen-bond acceptors (Lipinski definition) is 6. The van der Waals surface area contributed by atoms with E-state index in [2.05, 4.69) is 42.2 Å². The van der Waals surface area contributed by atoms with E-state index in [0.717, 1.165) is 33.5 Å². The van der Waals surface area contributed by atoms with Crippen LogP contribution in [0.3, 0.4) is 0 Å². The third-order valence-corrected chi connectivity index (χ3v) is 6.62. The maximum atomic E-state index is 10.0. The number of aromatic nitrogens is 2. The molecule has 0 saturated heterocycles. The van der Waals surface area contributed by atoms with Crippen LogP contribution in [0.25, 0.3) is 11.3 Å². The van der Waals surface area contributed by atoms with Crippen molar-refractivity contribution in [1.82, 2.24) is 10.2 Å². The predicted molar refractivity (Wildman–Crippen MR) is 137 cm³/mol. The molecule has 180 valence electrons. The zero-order valence-corrected chi connectivity index (χ0v) is 20.3. The molecule has 4 aromatic rings. The lowest BCUT2D eigenvalue weighted by molar-refractivity contribution is 0.284. The zero-order valence-electron chi connectivity index (χ0n) is 20.3. The molecular weight excluding hydrogens is 452 g/mol. The molecule has 7 heteroatoms. The Balaban J connectivity index is 1.57. The molecule has 2 heterocycles. The highest BCUT2D eigenvalue weighted by molar-refractivity contribution is 5.86. The van der Waals surface area contributed by atoms with Gasteiger partial charge in [-0.1, -0.05) is 48.5 Å². The molecule has 2 unspecified atom stereocenters. The Morgan fingerprint density at radius 2 is 1.83 bits per heavy atom. The maximum absolute atomic E-state index is 10.0. The molecule has 0 spiro atoms. The highest BCUT2D eigenvalue weighted by Crippen LogP contribution is 2.47. The summed E-state index contributed by atoms with van der Waals surface area (Å²) in [5.74, 6) is 0.0444. The van der Waals surface area contributed by atoms with Gasteiger partial charge in [-0.05, 0) is 54.3 Å². The van der Waals surface area contributed by atoms with Crippen molar-refractivity contribution in [1.29, 1.82) is 10.7 Å². The van der Waals surface area contributed by atoms with Crippen molar-refractivity contribution >= 4 is 5.90 Å². The van der Waals surface area contributed by atoms with Crippen LogP contribution >= 0.6 is 0 Å². The Hall–Kier alpha value is -4.57. The molecule has 36 heavy (non-hydrogen) atoms. The maximum Gasteiger partial charge on any atom is 0.244 e. The minimum absolute atomic E-state index is 0.128. The number of nitriles is 1. The largest absolute Gasteiger partial charge is 0.493 e. The molecule has 0 amide bonds. The summed E-state index contributed by atoms with van der Waals surface area (Å²) in [5.41, 5.74) is 6.66. The lowest BCUT2D eigenvalue weighted by Crippen LogP contribution is -2.30. The quantitative estimate of drug-likeness (QED) is 0.358. The number of nitrogens with zero attached hydrogens (tertiary/aromatic N) is 2. The van der Waals surface area contributed by atoms with Crippen LogP contribution in [0.4, 0.5) is 0 Å². The molecule has 0 radical (unpaired) electrons. The molecule has 1 aromatic heterocycles. The molecule has 0 aliphatic carbocycles. The molecule has 7 nitrogen and oxygen atoms in total. The first kappa shape index (κ1) is 23.2. The Labute approximate surface area is 209 Å². The fourth-order valence-corrected chi connectivity index (χ4v) is 4.53. The standard InChI is InChI=1S/C29H26N4O3/c1-17-9-10-21(13-18(17)2)27-26-25(22(15-30)28(31)36-29(26)33-32-27)20-11-12-23(24(14-20)34-3)35-16-19-7-5-4-6-8-19/h4-14,22,25,31H,16H2,1-3H3,(H,32,33). The van der Waals surface area contributed by atoms with Crippen LogP contribution in [0.15, 0.2) is 66.7 Å². The smallest absolute Gasteiger partial charge is 0.244 e. The van der Waals surface area contributed by atoms with Crippen molar-refractivity contribution in [2.45, 2.75) is 26.4 Å². The average Bonchev–Trinajstić information content (AvgIpc) is 3.32. The van der Waals surface area contributed by atoms with Crippen LogP contribution in [0.2, 0.25) is 0 Å². The van der Waals surface area contributed by atoms with Crippen molar-refractivity contribution in [2.24, 2.45) is 5.92 Å². The first-order valence-corrected chi connectivity index (χ1v) is 11.7. The summed E-state index contributed by atoms with van der Waals surface area (Å²) in [5, 5.41) is 25.8. The second-order valence-corrected chi connectivity index (χ2v) is 8.85. The van der Waals surface area contributed by atoms with Gasteiger partial charge in [-0.25, -0.2) is 0 Å². The SMILES string of the molecule is COc1cc(C2c3c(n[nH]c3-c3ccc(C)c(C)c3)OC(=N)C2C#N)ccc1OCc1ccccc1. The van der Waals surface area contributed by atoms with E-state index >= 15 is 0 Å². The number of aromatic amines is 1. The Bertz CT molecular complexity index is 1470. The molecule has 3 aromatic carbocycles. The molecular formula is C29H26N4O3. The summed E-state index contributed by atoms with van der Waals surface area (Å²) in [6, 6.07) is 24.0. The zero-order chi connectivity index (χ0) is 25.2. The van der Waals surface area contributed by atoms with E-state index < -0.39 is 11.8 Å². The molecule has 2 atom stereocenters. The summed E-state index contributed by atoms with van der Waals surface area (Å²) in [6.45, 7) is 4.53. The Kier molecular flexibility index (Phi) is 6.17. The second-order valence-electron chi connectivity index (χ2n) is 8.85. The van der Waals surface area contributed by atoms with Gasteiger partial charge >= 0.3 is 0 Å². The summed E-state index contributed by atoms with van der Waals surface area (Å²) >= 11 is 0. The summed E-state index contributed by atoms with van der Waals surface area (Å²) in [4.78, 5) is 0. The van der Waals surface area contributed by atoms with Gasteiger partial charge in [0.15, 0.2) is 11.5 Å². The molecule has 0 bridgehead atoms. The van der Waals surface area contributed by atoms with Crippen LogP contribution in [0.1, 0.15) is 33.7 Å². The van der Waals surface area contributed by atoms with Crippen LogP contribution in [0, 0.1) is 36.5 Å². The minimum Gasteiger partial charge on any atom is -0.493 e. The van der Waals surface area contributed by atoms with Crippen molar-refractivity contribution in [3.63, 3.8) is 0 Å². The lowest BCUT2D eigenvalue weighted by atomic mass is 9.78. The van der Waals surface area contributed by atoms with Gasteiger partial charge in [-0.2, -0.15) is 5.26 Å². The predicted octanol–water partition coefficient (Wildman–Crippen LogP) is 5.92. The Morgan fingerprint density at radius 1 is 1.03 bits per heavy atom. The van der Waals surface area contributed by atoms with Gasteiger partial charge in [0.2, 0.25) is 11.8 Å². The molecule has 2 N–H and O–H groups in total. The topological polar surface area (TPSA) is 104 Å². The fraction of sp³-hybridized carbons (Fsp3) is 0.207. The number of ether oxygens (including phenoxy) is 3. The summed E-state index contributed by atoms with van der Waals surface area (Å²) in [7, 11) is 1.59. The third kappa shape index (κ3) is 4.18. The molecule has 1 aliphatic heterocycles. The first-order valence-electron chi connectivity index (χ1n) is 11.7.